The first-order valence-corrected chi connectivity index (χ1v) is 5.34. The molecule has 0 radical (unpaired) electrons. The van der Waals surface area contributed by atoms with Crippen molar-refractivity contribution >= 4 is 5.97 Å². The highest BCUT2D eigenvalue weighted by Gasteiger charge is 2.60. The number of rotatable bonds is 4. The molecular weight excluding hydrogens is 192 g/mol. The fraction of sp³-hybridized carbons (Fsp3) is 0.750. The molecule has 2 unspecified atom stereocenters. The Morgan fingerprint density at radius 3 is 2.60 bits per heavy atom. The Labute approximate surface area is 91.4 Å². The Hall–Kier alpha value is -0.830. The average molecular weight is 212 g/mol. The summed E-state index contributed by atoms with van der Waals surface area (Å²) in [6, 6.07) is 0. The van der Waals surface area contributed by atoms with E-state index in [1.54, 1.807) is 6.08 Å². The lowest BCUT2D eigenvalue weighted by Crippen LogP contribution is -2.30. The maximum absolute atomic E-state index is 11.9. The lowest BCUT2D eigenvalue weighted by atomic mass is 10.1. The Balaban J connectivity index is 2.62. The second-order valence-electron chi connectivity index (χ2n) is 4.89. The van der Waals surface area contributed by atoms with Gasteiger partial charge in [-0.3, -0.25) is 4.79 Å². The van der Waals surface area contributed by atoms with Crippen LogP contribution in [-0.4, -0.2) is 24.3 Å². The molecule has 15 heavy (non-hydrogen) atoms. The third-order valence-electron chi connectivity index (χ3n) is 2.45. The van der Waals surface area contributed by atoms with Gasteiger partial charge in [0.2, 0.25) is 0 Å². The van der Waals surface area contributed by atoms with Gasteiger partial charge >= 0.3 is 5.97 Å². The Morgan fingerprint density at radius 2 is 2.20 bits per heavy atom. The molecule has 0 aliphatic heterocycles. The van der Waals surface area contributed by atoms with E-state index >= 15 is 0 Å². The zero-order valence-corrected chi connectivity index (χ0v) is 10.0. The lowest BCUT2D eigenvalue weighted by molar-refractivity contribution is -0.161. The number of hydrogen-bond donors (Lipinski definition) is 0. The molecule has 1 saturated carbocycles. The number of carbonyl (C=O) groups excluding carboxylic acids is 1. The monoisotopic (exact) mass is 212 g/mol. The van der Waals surface area contributed by atoms with Gasteiger partial charge in [-0.25, -0.2) is 0 Å². The van der Waals surface area contributed by atoms with Gasteiger partial charge in [0.1, 0.15) is 11.0 Å². The van der Waals surface area contributed by atoms with E-state index in [0.717, 1.165) is 0 Å². The van der Waals surface area contributed by atoms with Crippen molar-refractivity contribution in [3.63, 3.8) is 0 Å². The van der Waals surface area contributed by atoms with Crippen LogP contribution in [0.1, 0.15) is 34.1 Å². The molecule has 1 fully saturated rings. The fourth-order valence-corrected chi connectivity index (χ4v) is 1.54. The predicted molar refractivity (Wildman–Crippen MR) is 58.5 cm³/mol. The Kier molecular flexibility index (Phi) is 3.24. The van der Waals surface area contributed by atoms with Gasteiger partial charge in [0, 0.05) is 6.61 Å². The lowest BCUT2D eigenvalue weighted by Gasteiger charge is -2.22. The van der Waals surface area contributed by atoms with Crippen LogP contribution in [0.2, 0.25) is 0 Å². The summed E-state index contributed by atoms with van der Waals surface area (Å²) in [7, 11) is 0. The average Bonchev–Trinajstić information content (AvgIpc) is 2.77. The summed E-state index contributed by atoms with van der Waals surface area (Å²) < 4.78 is 10.8. The van der Waals surface area contributed by atoms with Crippen LogP contribution in [0, 0.1) is 5.41 Å². The van der Waals surface area contributed by atoms with Gasteiger partial charge < -0.3 is 9.47 Å². The minimum absolute atomic E-state index is 0.0464. The van der Waals surface area contributed by atoms with E-state index in [2.05, 4.69) is 6.58 Å². The van der Waals surface area contributed by atoms with Gasteiger partial charge in [0.05, 0.1) is 6.10 Å². The second kappa shape index (κ2) is 3.97. The molecule has 1 aliphatic rings. The van der Waals surface area contributed by atoms with Crippen molar-refractivity contribution in [2.45, 2.75) is 45.8 Å². The van der Waals surface area contributed by atoms with Crippen molar-refractivity contribution in [2.75, 3.05) is 6.61 Å². The van der Waals surface area contributed by atoms with E-state index < -0.39 is 11.0 Å². The van der Waals surface area contributed by atoms with Crippen LogP contribution in [0.5, 0.6) is 0 Å². The molecule has 1 rings (SSSR count). The molecule has 0 heterocycles. The highest BCUT2D eigenvalue weighted by atomic mass is 16.6. The minimum atomic E-state index is -0.594. The van der Waals surface area contributed by atoms with Crippen LogP contribution in [0.3, 0.4) is 0 Å². The third-order valence-corrected chi connectivity index (χ3v) is 2.45. The molecule has 0 bridgehead atoms. The van der Waals surface area contributed by atoms with E-state index in [-0.39, 0.29) is 12.1 Å². The van der Waals surface area contributed by atoms with E-state index in [1.165, 1.54) is 0 Å². The molecule has 2 atom stereocenters. The first-order valence-electron chi connectivity index (χ1n) is 5.34. The molecule has 0 aromatic carbocycles. The summed E-state index contributed by atoms with van der Waals surface area (Å²) in [5, 5.41) is 0. The molecule has 0 N–H and O–H groups in total. The van der Waals surface area contributed by atoms with Crippen LogP contribution in [-0.2, 0) is 14.3 Å². The van der Waals surface area contributed by atoms with Crippen LogP contribution in [0.4, 0.5) is 0 Å². The molecule has 86 valence electrons. The van der Waals surface area contributed by atoms with Gasteiger partial charge in [-0.1, -0.05) is 6.08 Å². The SMILES string of the molecule is C=CC1(C(=O)OC(C)(C)C)CC1OCC. The molecule has 3 heteroatoms. The van der Waals surface area contributed by atoms with Gasteiger partial charge in [-0.05, 0) is 34.1 Å². The maximum atomic E-state index is 11.9. The van der Waals surface area contributed by atoms with Crippen molar-refractivity contribution in [3.8, 4) is 0 Å². The van der Waals surface area contributed by atoms with Crippen molar-refractivity contribution in [1.82, 2.24) is 0 Å². The summed E-state index contributed by atoms with van der Waals surface area (Å²) in [6.07, 6.45) is 2.30. The number of esters is 1. The standard InChI is InChI=1S/C12H20O3/c1-6-12(8-9(12)14-7-2)10(13)15-11(3,4)5/h6,9H,1,7-8H2,2-5H3. The predicted octanol–water partition coefficient (Wildman–Crippen LogP) is 2.31. The molecule has 0 saturated heterocycles. The smallest absolute Gasteiger partial charge is 0.319 e. The second-order valence-corrected chi connectivity index (χ2v) is 4.89. The first-order chi connectivity index (χ1) is 6.85. The van der Waals surface area contributed by atoms with E-state index in [9.17, 15) is 4.79 Å². The molecule has 0 aromatic heterocycles. The molecule has 0 spiro atoms. The summed E-state index contributed by atoms with van der Waals surface area (Å²) in [5.41, 5.74) is -1.05. The van der Waals surface area contributed by atoms with Crippen molar-refractivity contribution < 1.29 is 14.3 Å². The maximum Gasteiger partial charge on any atom is 0.319 e. The van der Waals surface area contributed by atoms with Gasteiger partial charge in [0.25, 0.3) is 0 Å². The largest absolute Gasteiger partial charge is 0.459 e. The normalized spacial score (nSPS) is 29.7. The van der Waals surface area contributed by atoms with Crippen LogP contribution >= 0.6 is 0 Å². The van der Waals surface area contributed by atoms with Crippen LogP contribution in [0.25, 0.3) is 0 Å². The zero-order valence-electron chi connectivity index (χ0n) is 10.0. The molecule has 1 aliphatic carbocycles. The third kappa shape index (κ3) is 2.59. The highest BCUT2D eigenvalue weighted by molar-refractivity contribution is 5.84. The summed E-state index contributed by atoms with van der Waals surface area (Å²) in [4.78, 5) is 11.9. The van der Waals surface area contributed by atoms with Crippen LogP contribution in [0.15, 0.2) is 12.7 Å². The highest BCUT2D eigenvalue weighted by Crippen LogP contribution is 2.51. The molecule has 0 amide bonds. The van der Waals surface area contributed by atoms with Crippen LogP contribution < -0.4 is 0 Å². The van der Waals surface area contributed by atoms with Gasteiger partial charge in [0.15, 0.2) is 0 Å². The van der Waals surface area contributed by atoms with E-state index in [4.69, 9.17) is 9.47 Å². The Bertz CT molecular complexity index is 265. The van der Waals surface area contributed by atoms with Crippen molar-refractivity contribution in [1.29, 1.82) is 0 Å². The van der Waals surface area contributed by atoms with Crippen molar-refractivity contribution in [3.05, 3.63) is 12.7 Å². The fourth-order valence-electron chi connectivity index (χ4n) is 1.54. The summed E-state index contributed by atoms with van der Waals surface area (Å²) >= 11 is 0. The van der Waals surface area contributed by atoms with Crippen molar-refractivity contribution in [2.24, 2.45) is 5.41 Å². The quantitative estimate of drug-likeness (QED) is 0.530. The molecule has 3 nitrogen and oxygen atoms in total. The van der Waals surface area contributed by atoms with Gasteiger partial charge in [-0.2, -0.15) is 0 Å². The first kappa shape index (κ1) is 12.2. The van der Waals surface area contributed by atoms with Gasteiger partial charge in [-0.15, -0.1) is 6.58 Å². The Morgan fingerprint density at radius 1 is 1.60 bits per heavy atom. The molecule has 0 aromatic rings. The number of ether oxygens (including phenoxy) is 2. The number of hydrogen-bond acceptors (Lipinski definition) is 3. The molecular formula is C12H20O3. The van der Waals surface area contributed by atoms with E-state index in [0.29, 0.717) is 13.0 Å². The topological polar surface area (TPSA) is 35.5 Å². The zero-order chi connectivity index (χ0) is 11.7. The number of carbonyl (C=O) groups is 1. The minimum Gasteiger partial charge on any atom is -0.459 e. The van der Waals surface area contributed by atoms with E-state index in [1.807, 2.05) is 27.7 Å². The summed E-state index contributed by atoms with van der Waals surface area (Å²) in [5.74, 6) is -0.219. The summed E-state index contributed by atoms with van der Waals surface area (Å²) in [6.45, 7) is 11.8.